The molecule has 5 rings (SSSR count). The molecule has 2 aliphatic rings. The van der Waals surface area contributed by atoms with Crippen LogP contribution in [0.1, 0.15) is 73.1 Å². The van der Waals surface area contributed by atoms with Crippen molar-refractivity contribution in [2.24, 2.45) is 0 Å². The average molecular weight is 533 g/mol. The van der Waals surface area contributed by atoms with Crippen molar-refractivity contribution in [2.75, 3.05) is 0 Å². The maximum absolute atomic E-state index is 15.6. The van der Waals surface area contributed by atoms with Crippen LogP contribution in [0.2, 0.25) is 0 Å². The number of nitrogens with one attached hydrogen (secondary N) is 1. The van der Waals surface area contributed by atoms with Crippen molar-refractivity contribution >= 4 is 10.0 Å². The summed E-state index contributed by atoms with van der Waals surface area (Å²) < 4.78 is 59.5. The largest absolute Gasteiger partial charge is 0.390 e. The minimum Gasteiger partial charge on any atom is -0.390 e. The highest BCUT2D eigenvalue weighted by atomic mass is 32.2. The van der Waals surface area contributed by atoms with E-state index in [4.69, 9.17) is 0 Å². The Morgan fingerprint density at radius 2 is 1.84 bits per heavy atom. The van der Waals surface area contributed by atoms with Crippen LogP contribution in [0.5, 0.6) is 0 Å². The van der Waals surface area contributed by atoms with Crippen molar-refractivity contribution in [3.05, 3.63) is 82.4 Å². The molecule has 0 radical (unpaired) electrons. The smallest absolute Gasteiger partial charge is 0.221 e. The van der Waals surface area contributed by atoms with Crippen LogP contribution < -0.4 is 0 Å². The van der Waals surface area contributed by atoms with E-state index in [0.29, 0.717) is 18.4 Å². The Hall–Kier alpha value is -2.73. The van der Waals surface area contributed by atoms with Crippen molar-refractivity contribution in [3.8, 4) is 0 Å². The normalized spacial score (nSPS) is 29.7. The topological polar surface area (TPSA) is 119 Å². The Kier molecular flexibility index (Phi) is 6.46. The van der Waals surface area contributed by atoms with Crippen molar-refractivity contribution in [1.29, 1.82) is 0 Å². The molecule has 2 atom stereocenters. The van der Waals surface area contributed by atoms with Crippen molar-refractivity contribution < 1.29 is 27.4 Å². The first-order valence-electron chi connectivity index (χ1n) is 12.3. The number of aromatic amines is 1. The summed E-state index contributed by atoms with van der Waals surface area (Å²) in [5, 5.41) is 25.7. The lowest BCUT2D eigenvalue weighted by molar-refractivity contribution is -0.0648. The number of hydrogen-bond acceptors (Lipinski definition) is 6. The minimum atomic E-state index is -3.82. The number of aromatic nitrogens is 3. The molecule has 0 spiro atoms. The molecule has 198 valence electrons. The van der Waals surface area contributed by atoms with E-state index in [9.17, 15) is 18.6 Å². The number of nitrogens with zero attached hydrogens (tertiary/aromatic N) is 3. The predicted molar refractivity (Wildman–Crippen MR) is 132 cm³/mol. The third-order valence-electron chi connectivity index (χ3n) is 7.65. The van der Waals surface area contributed by atoms with Crippen LogP contribution in [0, 0.1) is 11.6 Å². The van der Waals surface area contributed by atoms with Gasteiger partial charge in [0.05, 0.1) is 11.0 Å². The molecule has 1 aromatic heterocycles. The molecule has 3 N–H and O–H groups in total. The Morgan fingerprint density at radius 3 is 2.46 bits per heavy atom. The van der Waals surface area contributed by atoms with Gasteiger partial charge in [0.2, 0.25) is 10.0 Å². The molecule has 0 bridgehead atoms. The van der Waals surface area contributed by atoms with E-state index in [1.807, 2.05) is 6.07 Å². The molecule has 1 saturated heterocycles. The molecule has 2 aromatic carbocycles. The number of hydrogen-bond donors (Lipinski definition) is 3. The SMILES string of the molecule is C[C@H]1CCC(c2ccccc2)S(=O)(=O)N1Cc1cc(F)c(C2(c3n[nH]c(CO)n3)CC(C)(O)C2)cc1F. The maximum Gasteiger partial charge on any atom is 0.221 e. The molecule has 11 heteroatoms. The zero-order valence-electron chi connectivity index (χ0n) is 20.7. The summed E-state index contributed by atoms with van der Waals surface area (Å²) in [6.07, 6.45) is 1.18. The third kappa shape index (κ3) is 4.47. The molecule has 1 aliphatic heterocycles. The molecule has 0 amide bonds. The highest BCUT2D eigenvalue weighted by Crippen LogP contribution is 2.54. The van der Waals surface area contributed by atoms with Crippen LogP contribution in [0.15, 0.2) is 42.5 Å². The molecule has 1 aliphatic carbocycles. The molecule has 1 unspecified atom stereocenters. The van der Waals surface area contributed by atoms with E-state index in [1.54, 1.807) is 38.1 Å². The van der Waals surface area contributed by atoms with Gasteiger partial charge in [0.1, 0.15) is 29.3 Å². The highest BCUT2D eigenvalue weighted by Gasteiger charge is 2.57. The van der Waals surface area contributed by atoms with Crippen molar-refractivity contribution in [1.82, 2.24) is 19.5 Å². The minimum absolute atomic E-state index is 0.0134. The second kappa shape index (κ2) is 9.23. The van der Waals surface area contributed by atoms with E-state index < -0.39 is 44.5 Å². The average Bonchev–Trinajstić information content (AvgIpc) is 3.32. The fourth-order valence-corrected chi connectivity index (χ4v) is 8.08. The molecular weight excluding hydrogens is 502 g/mol. The van der Waals surface area contributed by atoms with Gasteiger partial charge in [-0.3, -0.25) is 5.10 Å². The van der Waals surface area contributed by atoms with E-state index >= 15 is 8.78 Å². The van der Waals surface area contributed by atoms with Crippen LogP contribution in [-0.2, 0) is 28.6 Å². The first-order valence-corrected chi connectivity index (χ1v) is 13.8. The zero-order valence-corrected chi connectivity index (χ0v) is 21.5. The van der Waals surface area contributed by atoms with Crippen LogP contribution in [0.3, 0.4) is 0 Å². The standard InChI is InChI=1S/C26H30F2N4O4S/c1-16-8-9-22(17-6-4-3-5-7-17)37(35,36)32(16)12-18-10-21(28)19(11-20(18)27)26(14-25(2,34)15-26)24-29-23(13-33)30-31-24/h3-7,10-11,16,22,33-34H,8-9,12-15H2,1-2H3,(H,29,30,31)/t16-,22?,25?,26?/m0/s1. The maximum atomic E-state index is 15.6. The lowest BCUT2D eigenvalue weighted by Gasteiger charge is -2.50. The predicted octanol–water partition coefficient (Wildman–Crippen LogP) is 3.46. The van der Waals surface area contributed by atoms with Gasteiger partial charge < -0.3 is 10.2 Å². The quantitative estimate of drug-likeness (QED) is 0.447. The third-order valence-corrected chi connectivity index (χ3v) is 10.0. The summed E-state index contributed by atoms with van der Waals surface area (Å²) in [4.78, 5) is 4.21. The first kappa shape index (κ1) is 25.9. The van der Waals surface area contributed by atoms with Gasteiger partial charge in [-0.2, -0.15) is 9.40 Å². The second-order valence-corrected chi connectivity index (χ2v) is 12.6. The summed E-state index contributed by atoms with van der Waals surface area (Å²) >= 11 is 0. The van der Waals surface area contributed by atoms with Crippen LogP contribution >= 0.6 is 0 Å². The Bertz CT molecular complexity index is 1400. The monoisotopic (exact) mass is 532 g/mol. The number of sulfonamides is 1. The van der Waals surface area contributed by atoms with Gasteiger partial charge >= 0.3 is 0 Å². The summed E-state index contributed by atoms with van der Waals surface area (Å²) in [5.74, 6) is -1.14. The summed E-state index contributed by atoms with van der Waals surface area (Å²) in [6, 6.07) is 10.6. The van der Waals surface area contributed by atoms with Crippen LogP contribution in [0.25, 0.3) is 0 Å². The lowest BCUT2D eigenvalue weighted by Crippen LogP contribution is -2.54. The number of rotatable bonds is 6. The van der Waals surface area contributed by atoms with E-state index in [0.717, 1.165) is 12.1 Å². The molecule has 2 fully saturated rings. The number of halogens is 2. The lowest BCUT2D eigenvalue weighted by atomic mass is 9.56. The fourth-order valence-electron chi connectivity index (χ4n) is 5.89. The zero-order chi connectivity index (χ0) is 26.6. The highest BCUT2D eigenvalue weighted by molar-refractivity contribution is 7.89. The Balaban J connectivity index is 1.49. The van der Waals surface area contributed by atoms with E-state index in [2.05, 4.69) is 15.2 Å². The number of benzene rings is 2. The van der Waals surface area contributed by atoms with Crippen molar-refractivity contribution in [3.63, 3.8) is 0 Å². The Labute approximate surface area is 214 Å². The van der Waals surface area contributed by atoms with Gasteiger partial charge in [-0.05, 0) is 57.2 Å². The van der Waals surface area contributed by atoms with Crippen molar-refractivity contribution in [2.45, 2.75) is 75.0 Å². The van der Waals surface area contributed by atoms with Crippen LogP contribution in [-0.4, -0.2) is 49.8 Å². The fraction of sp³-hybridized carbons (Fsp3) is 0.462. The van der Waals surface area contributed by atoms with Gasteiger partial charge in [-0.25, -0.2) is 22.2 Å². The van der Waals surface area contributed by atoms with Gasteiger partial charge in [-0.1, -0.05) is 30.3 Å². The molecule has 37 heavy (non-hydrogen) atoms. The number of H-pyrrole nitrogens is 1. The molecule has 3 aromatic rings. The van der Waals surface area contributed by atoms with E-state index in [1.165, 1.54) is 4.31 Å². The van der Waals surface area contributed by atoms with Gasteiger partial charge in [0.25, 0.3) is 0 Å². The number of aliphatic hydroxyl groups excluding tert-OH is 1. The summed E-state index contributed by atoms with van der Waals surface area (Å²) in [7, 11) is -3.82. The van der Waals surface area contributed by atoms with E-state index in [-0.39, 0.29) is 48.2 Å². The second-order valence-electron chi connectivity index (χ2n) is 10.5. The van der Waals surface area contributed by atoms with Gasteiger partial charge in [-0.15, -0.1) is 0 Å². The molecule has 1 saturated carbocycles. The molecular formula is C26H30F2N4O4S. The summed E-state index contributed by atoms with van der Waals surface area (Å²) in [6.45, 7) is 2.67. The Morgan fingerprint density at radius 1 is 1.14 bits per heavy atom. The number of aliphatic hydroxyl groups is 2. The van der Waals surface area contributed by atoms with Gasteiger partial charge in [0, 0.05) is 23.7 Å². The first-order chi connectivity index (χ1) is 17.5. The van der Waals surface area contributed by atoms with Gasteiger partial charge in [0.15, 0.2) is 5.82 Å². The van der Waals surface area contributed by atoms with Crippen LogP contribution in [0.4, 0.5) is 8.78 Å². The summed E-state index contributed by atoms with van der Waals surface area (Å²) in [5.41, 5.74) is -1.71. The molecule has 8 nitrogen and oxygen atoms in total. The molecule has 2 heterocycles.